The largest absolute Gasteiger partial charge is 0.472 e. The predicted octanol–water partition coefficient (Wildman–Crippen LogP) is 19.7. The van der Waals surface area contributed by atoms with Gasteiger partial charge in [0.2, 0.25) is 0 Å². The van der Waals surface area contributed by atoms with Crippen molar-refractivity contribution in [2.24, 2.45) is 23.7 Å². The average molecular weight is 1310 g/mol. The van der Waals surface area contributed by atoms with Crippen LogP contribution in [0.25, 0.3) is 0 Å². The first-order valence-corrected chi connectivity index (χ1v) is 39.3. The maximum absolute atomic E-state index is 13.0. The number of aliphatic hydroxyl groups is 1. The lowest BCUT2D eigenvalue weighted by Crippen LogP contribution is -2.30. The first kappa shape index (κ1) is 87.1. The van der Waals surface area contributed by atoms with E-state index in [1.165, 1.54) is 135 Å². The highest BCUT2D eigenvalue weighted by molar-refractivity contribution is 7.47. The number of ether oxygens (including phenoxy) is 4. The van der Waals surface area contributed by atoms with Gasteiger partial charge in [-0.25, -0.2) is 9.13 Å². The van der Waals surface area contributed by atoms with Gasteiger partial charge in [0.25, 0.3) is 0 Å². The first-order chi connectivity index (χ1) is 42.7. The molecule has 0 aliphatic heterocycles. The van der Waals surface area contributed by atoms with E-state index < -0.39 is 97.5 Å². The Kier molecular flexibility index (Phi) is 58.5. The lowest BCUT2D eigenvalue weighted by atomic mass is 9.99. The molecule has 0 radical (unpaired) electrons. The smallest absolute Gasteiger partial charge is 0.462 e. The number of aliphatic hydroxyl groups excluding tert-OH is 1. The third kappa shape index (κ3) is 60.7. The third-order valence-electron chi connectivity index (χ3n) is 17.2. The molecule has 0 fully saturated rings. The normalized spacial score (nSPS) is 15.2. The summed E-state index contributed by atoms with van der Waals surface area (Å²) in [6.45, 7) is 14.1. The van der Waals surface area contributed by atoms with Crippen LogP contribution in [0.5, 0.6) is 0 Å². The summed E-state index contributed by atoms with van der Waals surface area (Å²) >= 11 is 0. The number of carbonyl (C=O) groups is 4. The third-order valence-corrected chi connectivity index (χ3v) is 19.1. The summed E-state index contributed by atoms with van der Waals surface area (Å²) in [5.41, 5.74) is 0. The second-order valence-electron chi connectivity index (χ2n) is 26.5. The molecule has 0 aliphatic carbocycles. The molecular weight excluding hydrogens is 1170 g/mol. The highest BCUT2D eigenvalue weighted by Crippen LogP contribution is 2.45. The van der Waals surface area contributed by atoms with Gasteiger partial charge in [-0.1, -0.05) is 293 Å². The molecule has 0 aromatic rings. The van der Waals surface area contributed by atoms with Crippen molar-refractivity contribution in [2.45, 2.75) is 363 Å². The molecule has 89 heavy (non-hydrogen) atoms. The Bertz CT molecular complexity index is 1770. The molecule has 0 aliphatic rings. The van der Waals surface area contributed by atoms with E-state index in [4.69, 9.17) is 37.0 Å². The summed E-state index contributed by atoms with van der Waals surface area (Å²) in [5.74, 6) is 0.910. The molecule has 8 atom stereocenters. The van der Waals surface area contributed by atoms with Crippen LogP contribution in [0.3, 0.4) is 0 Å². The summed E-state index contributed by atoms with van der Waals surface area (Å²) in [5, 5.41) is 10.6. The van der Waals surface area contributed by atoms with Gasteiger partial charge in [-0.2, -0.15) is 0 Å². The maximum atomic E-state index is 13.0. The van der Waals surface area contributed by atoms with Crippen LogP contribution in [0.15, 0.2) is 0 Å². The quantitative estimate of drug-likeness (QED) is 0.0222. The summed E-state index contributed by atoms with van der Waals surface area (Å²) in [7, 11) is -9.90. The molecule has 0 saturated heterocycles. The van der Waals surface area contributed by atoms with Crippen LogP contribution in [0, 0.1) is 23.7 Å². The molecule has 0 amide bonds. The molecule has 0 spiro atoms. The molecule has 0 saturated carbocycles. The zero-order chi connectivity index (χ0) is 66.1. The van der Waals surface area contributed by atoms with E-state index >= 15 is 0 Å². The molecule has 528 valence electrons. The molecular formula is C70H136O17P2. The van der Waals surface area contributed by atoms with E-state index in [2.05, 4.69) is 55.4 Å². The Labute approximate surface area is 543 Å². The van der Waals surface area contributed by atoms with Crippen molar-refractivity contribution in [3.05, 3.63) is 0 Å². The molecule has 0 aromatic carbocycles. The summed E-state index contributed by atoms with van der Waals surface area (Å²) in [4.78, 5) is 72.5. The van der Waals surface area contributed by atoms with Crippen molar-refractivity contribution < 1.29 is 80.2 Å². The van der Waals surface area contributed by atoms with E-state index in [1.807, 2.05) is 0 Å². The Morgan fingerprint density at radius 2 is 0.539 bits per heavy atom. The molecule has 0 aromatic heterocycles. The van der Waals surface area contributed by atoms with Crippen molar-refractivity contribution in [3.63, 3.8) is 0 Å². The fourth-order valence-corrected chi connectivity index (χ4v) is 12.0. The summed E-state index contributed by atoms with van der Waals surface area (Å²) in [6, 6.07) is 0. The highest BCUT2D eigenvalue weighted by Gasteiger charge is 2.30. The van der Waals surface area contributed by atoms with Crippen molar-refractivity contribution in [1.29, 1.82) is 0 Å². The van der Waals surface area contributed by atoms with E-state index in [1.54, 1.807) is 0 Å². The van der Waals surface area contributed by atoms with Gasteiger partial charge in [-0.15, -0.1) is 0 Å². The molecule has 3 N–H and O–H groups in total. The number of phosphoric ester groups is 2. The van der Waals surface area contributed by atoms with E-state index in [-0.39, 0.29) is 25.7 Å². The van der Waals surface area contributed by atoms with Gasteiger partial charge in [0, 0.05) is 25.7 Å². The van der Waals surface area contributed by atoms with E-state index in [9.17, 15) is 43.2 Å². The second kappa shape index (κ2) is 59.8. The Balaban J connectivity index is 5.26. The van der Waals surface area contributed by atoms with Crippen LogP contribution in [-0.2, 0) is 65.4 Å². The van der Waals surface area contributed by atoms with E-state index in [0.717, 1.165) is 126 Å². The van der Waals surface area contributed by atoms with Crippen LogP contribution in [0.4, 0.5) is 0 Å². The first-order valence-electron chi connectivity index (χ1n) is 36.3. The number of phosphoric acid groups is 2. The van der Waals surface area contributed by atoms with Gasteiger partial charge < -0.3 is 33.8 Å². The molecule has 0 heterocycles. The summed E-state index contributed by atoms with van der Waals surface area (Å²) in [6.07, 6.45) is 41.6. The zero-order valence-corrected chi connectivity index (χ0v) is 59.8. The minimum absolute atomic E-state index is 0.105. The predicted molar refractivity (Wildman–Crippen MR) is 358 cm³/mol. The molecule has 17 nitrogen and oxygen atoms in total. The minimum Gasteiger partial charge on any atom is -0.462 e. The van der Waals surface area contributed by atoms with Gasteiger partial charge in [0.15, 0.2) is 12.2 Å². The molecule has 0 rings (SSSR count). The van der Waals surface area contributed by atoms with Gasteiger partial charge in [-0.3, -0.25) is 37.3 Å². The highest BCUT2D eigenvalue weighted by atomic mass is 31.2. The number of carbonyl (C=O) groups excluding carboxylic acids is 4. The van der Waals surface area contributed by atoms with Gasteiger partial charge in [-0.05, 0) is 49.4 Å². The number of unbranched alkanes of at least 4 members (excludes halogenated alkanes) is 30. The van der Waals surface area contributed by atoms with Crippen molar-refractivity contribution in [1.82, 2.24) is 0 Å². The number of esters is 4. The summed E-state index contributed by atoms with van der Waals surface area (Å²) < 4.78 is 68.3. The lowest BCUT2D eigenvalue weighted by Gasteiger charge is -2.21. The Hall–Kier alpha value is -1.94. The number of rotatable bonds is 67. The zero-order valence-electron chi connectivity index (χ0n) is 58.1. The van der Waals surface area contributed by atoms with Gasteiger partial charge >= 0.3 is 39.5 Å². The van der Waals surface area contributed by atoms with Crippen molar-refractivity contribution >= 4 is 39.5 Å². The van der Waals surface area contributed by atoms with Gasteiger partial charge in [0.1, 0.15) is 19.3 Å². The Morgan fingerprint density at radius 3 is 0.798 bits per heavy atom. The minimum atomic E-state index is -4.95. The number of hydrogen-bond acceptors (Lipinski definition) is 15. The molecule has 0 bridgehead atoms. The van der Waals surface area contributed by atoms with Crippen LogP contribution in [-0.4, -0.2) is 96.7 Å². The number of hydrogen-bond donors (Lipinski definition) is 3. The van der Waals surface area contributed by atoms with Crippen LogP contribution >= 0.6 is 15.6 Å². The van der Waals surface area contributed by atoms with Gasteiger partial charge in [0.05, 0.1) is 26.4 Å². The van der Waals surface area contributed by atoms with Crippen LogP contribution < -0.4 is 0 Å². The molecule has 19 heteroatoms. The lowest BCUT2D eigenvalue weighted by molar-refractivity contribution is -0.161. The average Bonchev–Trinajstić information content (AvgIpc) is 3.70. The maximum Gasteiger partial charge on any atom is 0.472 e. The van der Waals surface area contributed by atoms with Crippen molar-refractivity contribution in [2.75, 3.05) is 39.6 Å². The monoisotopic (exact) mass is 1310 g/mol. The Morgan fingerprint density at radius 1 is 0.315 bits per heavy atom. The SMILES string of the molecule is CCC(C)CCCCCCCCCCCCC(=O)O[C@H](COC(=O)CCCCCCCCC(C)CC)COP(=O)(O)OC[C@@H](O)COP(=O)(O)OC[C@@H](COC(=O)CCCCCCCCC(C)CC)OC(=O)CCCCCCCCCCCCCCC(C)C. The fourth-order valence-electron chi connectivity index (χ4n) is 10.4. The van der Waals surface area contributed by atoms with Crippen LogP contribution in [0.1, 0.15) is 344 Å². The van der Waals surface area contributed by atoms with Crippen LogP contribution in [0.2, 0.25) is 0 Å². The van der Waals surface area contributed by atoms with E-state index in [0.29, 0.717) is 25.7 Å². The fraction of sp³-hybridized carbons (Fsp3) is 0.943. The standard InChI is InChI=1S/C70H136O17P2/c1-9-61(6)47-39-31-23-19-16-17-21-25-37-45-53-70(75)87-66(57-81-68(73)51-43-35-29-27-33-41-49-63(8)11-3)59-85-89(78,79)83-55-64(71)54-82-88(76,77)84-58-65(56-80-67(72)50-42-34-28-26-32-40-48-62(7)10-2)86-69(74)52-44-36-24-20-15-13-12-14-18-22-30-38-46-60(4)5/h60-66,71H,9-59H2,1-8H3,(H,76,77)(H,78,79)/t61?,62?,63?,64-,65+,66+/m0/s1. The topological polar surface area (TPSA) is 237 Å². The van der Waals surface area contributed by atoms with Crippen molar-refractivity contribution in [3.8, 4) is 0 Å². The second-order valence-corrected chi connectivity index (χ2v) is 29.4. The molecule has 5 unspecified atom stereocenters.